The molecule has 2 nitrogen and oxygen atoms in total. The standard InChI is InChI=1S/C10H17ClN2S/c1-9-13-10(8-14-9)7-12-6-4-2-3-5-11/h8,12H,2-7H2,1H3. The number of unbranched alkanes of at least 4 members (excludes halogenated alkanes) is 2. The number of halogens is 1. The van der Waals surface area contributed by atoms with Crippen LogP contribution in [0.4, 0.5) is 0 Å². The molecule has 1 aromatic heterocycles. The van der Waals surface area contributed by atoms with Crippen molar-refractivity contribution in [2.24, 2.45) is 0 Å². The molecule has 0 amide bonds. The van der Waals surface area contributed by atoms with E-state index in [0.717, 1.165) is 36.1 Å². The average molecular weight is 233 g/mol. The summed E-state index contributed by atoms with van der Waals surface area (Å²) < 4.78 is 0. The molecule has 0 bridgehead atoms. The van der Waals surface area contributed by atoms with E-state index in [2.05, 4.69) is 15.7 Å². The fraction of sp³-hybridized carbons (Fsp3) is 0.700. The number of nitrogens with zero attached hydrogens (tertiary/aromatic N) is 1. The van der Waals surface area contributed by atoms with Gasteiger partial charge in [-0.15, -0.1) is 22.9 Å². The molecule has 0 aromatic carbocycles. The first-order valence-electron chi connectivity index (χ1n) is 5.00. The average Bonchev–Trinajstić information content (AvgIpc) is 2.58. The van der Waals surface area contributed by atoms with Crippen LogP contribution in [0.2, 0.25) is 0 Å². The van der Waals surface area contributed by atoms with Crippen molar-refractivity contribution in [1.29, 1.82) is 0 Å². The zero-order valence-electron chi connectivity index (χ0n) is 8.55. The topological polar surface area (TPSA) is 24.9 Å². The van der Waals surface area contributed by atoms with Crippen molar-refractivity contribution in [3.05, 3.63) is 16.1 Å². The van der Waals surface area contributed by atoms with Crippen LogP contribution in [-0.2, 0) is 6.54 Å². The van der Waals surface area contributed by atoms with Crippen molar-refractivity contribution < 1.29 is 0 Å². The van der Waals surface area contributed by atoms with Crippen LogP contribution in [-0.4, -0.2) is 17.4 Å². The summed E-state index contributed by atoms with van der Waals surface area (Å²) in [7, 11) is 0. The Morgan fingerprint density at radius 3 is 2.93 bits per heavy atom. The molecule has 0 radical (unpaired) electrons. The third-order valence-corrected chi connectivity index (χ3v) is 3.05. The van der Waals surface area contributed by atoms with Gasteiger partial charge in [0.2, 0.25) is 0 Å². The molecule has 0 fully saturated rings. The molecule has 0 saturated carbocycles. The number of aromatic nitrogens is 1. The van der Waals surface area contributed by atoms with E-state index in [1.807, 2.05) is 6.92 Å². The molecule has 4 heteroatoms. The maximum absolute atomic E-state index is 5.58. The first kappa shape index (κ1) is 12.0. The van der Waals surface area contributed by atoms with E-state index >= 15 is 0 Å². The van der Waals surface area contributed by atoms with Crippen LogP contribution in [0.1, 0.15) is 30.0 Å². The number of thiazole rings is 1. The van der Waals surface area contributed by atoms with Crippen LogP contribution >= 0.6 is 22.9 Å². The lowest BCUT2D eigenvalue weighted by Crippen LogP contribution is -2.14. The third-order valence-electron chi connectivity index (χ3n) is 1.96. The predicted molar refractivity (Wildman–Crippen MR) is 63.1 cm³/mol. The quantitative estimate of drug-likeness (QED) is 0.578. The van der Waals surface area contributed by atoms with Crippen molar-refractivity contribution >= 4 is 22.9 Å². The molecule has 1 heterocycles. The van der Waals surface area contributed by atoms with E-state index in [0.29, 0.717) is 0 Å². The highest BCUT2D eigenvalue weighted by Crippen LogP contribution is 2.07. The van der Waals surface area contributed by atoms with E-state index < -0.39 is 0 Å². The minimum atomic E-state index is 0.783. The molecule has 1 N–H and O–H groups in total. The summed E-state index contributed by atoms with van der Waals surface area (Å²) in [6.07, 6.45) is 3.54. The van der Waals surface area contributed by atoms with Crippen LogP contribution in [0, 0.1) is 6.92 Å². The maximum Gasteiger partial charge on any atom is 0.0897 e. The third kappa shape index (κ3) is 4.94. The number of rotatable bonds is 7. The van der Waals surface area contributed by atoms with Gasteiger partial charge in [-0.2, -0.15) is 0 Å². The Kier molecular flexibility index (Phi) is 6.15. The fourth-order valence-electron chi connectivity index (χ4n) is 1.23. The van der Waals surface area contributed by atoms with Gasteiger partial charge in [0.25, 0.3) is 0 Å². The van der Waals surface area contributed by atoms with E-state index in [-0.39, 0.29) is 0 Å². The first-order chi connectivity index (χ1) is 6.83. The number of alkyl halides is 1. The van der Waals surface area contributed by atoms with Crippen molar-refractivity contribution in [2.75, 3.05) is 12.4 Å². The largest absolute Gasteiger partial charge is 0.311 e. The summed E-state index contributed by atoms with van der Waals surface area (Å²) >= 11 is 7.29. The molecule has 0 aliphatic heterocycles. The molecule has 1 rings (SSSR count). The molecule has 0 aliphatic rings. The predicted octanol–water partition coefficient (Wildman–Crippen LogP) is 2.95. The Hall–Kier alpha value is -0.120. The van der Waals surface area contributed by atoms with Gasteiger partial charge < -0.3 is 5.32 Å². The lowest BCUT2D eigenvalue weighted by molar-refractivity contribution is 0.613. The monoisotopic (exact) mass is 232 g/mol. The molecule has 0 aliphatic carbocycles. The van der Waals surface area contributed by atoms with Gasteiger partial charge in [0, 0.05) is 17.8 Å². The van der Waals surface area contributed by atoms with Crippen LogP contribution in [0.5, 0.6) is 0 Å². The van der Waals surface area contributed by atoms with Crippen molar-refractivity contribution in [3.8, 4) is 0 Å². The van der Waals surface area contributed by atoms with Gasteiger partial charge in [-0.1, -0.05) is 6.42 Å². The first-order valence-corrected chi connectivity index (χ1v) is 6.42. The Labute approximate surface area is 94.7 Å². The Morgan fingerprint density at radius 2 is 2.29 bits per heavy atom. The summed E-state index contributed by atoms with van der Waals surface area (Å²) in [5.74, 6) is 0.783. The Balaban J connectivity index is 1.99. The second-order valence-electron chi connectivity index (χ2n) is 3.28. The molecule has 14 heavy (non-hydrogen) atoms. The molecular formula is C10H17ClN2S. The number of hydrogen-bond acceptors (Lipinski definition) is 3. The van der Waals surface area contributed by atoms with Crippen molar-refractivity contribution in [3.63, 3.8) is 0 Å². The van der Waals surface area contributed by atoms with Gasteiger partial charge in [-0.05, 0) is 26.3 Å². The smallest absolute Gasteiger partial charge is 0.0897 e. The Morgan fingerprint density at radius 1 is 1.43 bits per heavy atom. The molecule has 0 saturated heterocycles. The molecular weight excluding hydrogens is 216 g/mol. The van der Waals surface area contributed by atoms with Gasteiger partial charge in [-0.25, -0.2) is 4.98 Å². The molecule has 0 atom stereocenters. The van der Waals surface area contributed by atoms with Gasteiger partial charge in [0.1, 0.15) is 0 Å². The minimum Gasteiger partial charge on any atom is -0.311 e. The van der Waals surface area contributed by atoms with Gasteiger partial charge in [-0.3, -0.25) is 0 Å². The highest BCUT2D eigenvalue weighted by molar-refractivity contribution is 7.09. The lowest BCUT2D eigenvalue weighted by atomic mass is 10.2. The zero-order valence-corrected chi connectivity index (χ0v) is 10.1. The number of aryl methyl sites for hydroxylation is 1. The second-order valence-corrected chi connectivity index (χ2v) is 4.72. The summed E-state index contributed by atoms with van der Waals surface area (Å²) in [4.78, 5) is 4.38. The number of nitrogens with one attached hydrogen (secondary N) is 1. The van der Waals surface area contributed by atoms with Crippen molar-refractivity contribution in [2.45, 2.75) is 32.7 Å². The SMILES string of the molecule is Cc1nc(CNCCCCCCl)cs1. The van der Waals surface area contributed by atoms with Crippen LogP contribution in [0.15, 0.2) is 5.38 Å². The van der Waals surface area contributed by atoms with E-state index in [4.69, 9.17) is 11.6 Å². The Bertz CT molecular complexity index is 250. The highest BCUT2D eigenvalue weighted by Gasteiger charge is 1.96. The molecule has 80 valence electrons. The van der Waals surface area contributed by atoms with Gasteiger partial charge in [0.15, 0.2) is 0 Å². The second kappa shape index (κ2) is 7.21. The minimum absolute atomic E-state index is 0.783. The summed E-state index contributed by atoms with van der Waals surface area (Å²) in [6.45, 7) is 3.99. The van der Waals surface area contributed by atoms with Crippen LogP contribution in [0.25, 0.3) is 0 Å². The normalized spacial score (nSPS) is 10.7. The highest BCUT2D eigenvalue weighted by atomic mass is 35.5. The van der Waals surface area contributed by atoms with Crippen LogP contribution < -0.4 is 5.32 Å². The van der Waals surface area contributed by atoms with Gasteiger partial charge in [0.05, 0.1) is 10.7 Å². The number of hydrogen-bond donors (Lipinski definition) is 1. The van der Waals surface area contributed by atoms with E-state index in [9.17, 15) is 0 Å². The summed E-state index contributed by atoms with van der Waals surface area (Å²) in [5.41, 5.74) is 1.16. The molecule has 1 aromatic rings. The van der Waals surface area contributed by atoms with Gasteiger partial charge >= 0.3 is 0 Å². The van der Waals surface area contributed by atoms with E-state index in [1.54, 1.807) is 11.3 Å². The lowest BCUT2D eigenvalue weighted by Gasteiger charge is -2.01. The molecule has 0 spiro atoms. The van der Waals surface area contributed by atoms with Crippen molar-refractivity contribution in [1.82, 2.24) is 10.3 Å². The van der Waals surface area contributed by atoms with Crippen LogP contribution in [0.3, 0.4) is 0 Å². The summed E-state index contributed by atoms with van der Waals surface area (Å²) in [5, 5.41) is 6.63. The fourth-order valence-corrected chi connectivity index (χ4v) is 2.03. The summed E-state index contributed by atoms with van der Waals surface area (Å²) in [6, 6.07) is 0. The maximum atomic E-state index is 5.58. The van der Waals surface area contributed by atoms with E-state index in [1.165, 1.54) is 12.8 Å². The molecule has 0 unspecified atom stereocenters. The zero-order chi connectivity index (χ0) is 10.2.